The number of nitrogens with two attached hydrogens (primary N) is 1. The molecule has 0 aliphatic heterocycles. The quantitative estimate of drug-likeness (QED) is 0.719. The van der Waals surface area contributed by atoms with E-state index >= 15 is 0 Å². The minimum atomic E-state index is -0.588. The van der Waals surface area contributed by atoms with E-state index in [1.807, 2.05) is 0 Å². The number of fused-ring (bicyclic) bond motifs is 1. The number of hydrogen-bond acceptors (Lipinski definition) is 5. The Hall–Kier alpha value is -1.24. The highest BCUT2D eigenvalue weighted by Crippen LogP contribution is 2.09. The molecule has 0 fully saturated rings. The van der Waals surface area contributed by atoms with Crippen molar-refractivity contribution in [1.82, 2.24) is 19.6 Å². The van der Waals surface area contributed by atoms with Gasteiger partial charge in [0.1, 0.15) is 0 Å². The summed E-state index contributed by atoms with van der Waals surface area (Å²) in [6.45, 7) is -0.204. The topological polar surface area (TPSA) is 89.3 Å². The predicted octanol–water partition coefficient (Wildman–Crippen LogP) is -0.230. The van der Waals surface area contributed by atoms with Crippen molar-refractivity contribution in [1.29, 1.82) is 0 Å². The van der Waals surface area contributed by atoms with Gasteiger partial charge in [-0.2, -0.15) is 4.98 Å². The van der Waals surface area contributed by atoms with Gasteiger partial charge in [-0.05, 0) is 0 Å². The van der Waals surface area contributed by atoms with Crippen LogP contribution in [0.2, 0.25) is 5.02 Å². The molecule has 0 amide bonds. The monoisotopic (exact) mass is 213 g/mol. The van der Waals surface area contributed by atoms with E-state index in [4.69, 9.17) is 22.4 Å². The van der Waals surface area contributed by atoms with Gasteiger partial charge in [-0.3, -0.25) is 0 Å². The number of rotatable bonds is 2. The van der Waals surface area contributed by atoms with Gasteiger partial charge in [-0.25, -0.2) is 9.50 Å². The van der Waals surface area contributed by atoms with Crippen LogP contribution in [-0.4, -0.2) is 31.3 Å². The minimum Gasteiger partial charge on any atom is -0.394 e. The Morgan fingerprint density at radius 1 is 1.64 bits per heavy atom. The van der Waals surface area contributed by atoms with Crippen LogP contribution in [0.15, 0.2) is 12.4 Å². The van der Waals surface area contributed by atoms with Gasteiger partial charge in [0.2, 0.25) is 0 Å². The highest BCUT2D eigenvalue weighted by Gasteiger charge is 2.11. The first kappa shape index (κ1) is 9.32. The molecule has 0 aliphatic carbocycles. The van der Waals surface area contributed by atoms with Gasteiger partial charge < -0.3 is 10.8 Å². The summed E-state index contributed by atoms with van der Waals surface area (Å²) >= 11 is 5.71. The summed E-state index contributed by atoms with van der Waals surface area (Å²) in [5.41, 5.74) is 5.55. The van der Waals surface area contributed by atoms with Crippen LogP contribution in [0.3, 0.4) is 0 Å². The Morgan fingerprint density at radius 3 is 3.14 bits per heavy atom. The molecule has 2 aromatic heterocycles. The molecule has 74 valence electrons. The SMILES string of the molecule is NC(CO)c1nc2ncc(Cl)cn2n1. The van der Waals surface area contributed by atoms with Gasteiger partial charge in [0.15, 0.2) is 5.82 Å². The molecule has 0 aromatic carbocycles. The van der Waals surface area contributed by atoms with Crippen molar-refractivity contribution in [2.75, 3.05) is 6.61 Å². The molecule has 2 aromatic rings. The Balaban J connectivity index is 2.51. The Kier molecular flexibility index (Phi) is 2.32. The molecular weight excluding hydrogens is 206 g/mol. The second kappa shape index (κ2) is 3.49. The molecule has 6 nitrogen and oxygen atoms in total. The van der Waals surface area contributed by atoms with E-state index < -0.39 is 6.04 Å². The minimum absolute atomic E-state index is 0.204. The Labute approximate surface area is 84.3 Å². The molecule has 0 aliphatic rings. The fourth-order valence-corrected chi connectivity index (χ4v) is 1.16. The van der Waals surface area contributed by atoms with E-state index in [9.17, 15) is 0 Å². The lowest BCUT2D eigenvalue weighted by Gasteiger charge is -1.99. The van der Waals surface area contributed by atoms with Crippen molar-refractivity contribution >= 4 is 17.4 Å². The molecule has 14 heavy (non-hydrogen) atoms. The van der Waals surface area contributed by atoms with Crippen LogP contribution in [0.25, 0.3) is 5.78 Å². The van der Waals surface area contributed by atoms with E-state index in [0.29, 0.717) is 16.6 Å². The summed E-state index contributed by atoms with van der Waals surface area (Å²) in [6.07, 6.45) is 3.05. The third-order valence-corrected chi connectivity index (χ3v) is 1.90. The highest BCUT2D eigenvalue weighted by atomic mass is 35.5. The molecular formula is C7H8ClN5O. The van der Waals surface area contributed by atoms with Crippen LogP contribution >= 0.6 is 11.6 Å². The zero-order valence-electron chi connectivity index (χ0n) is 7.13. The third-order valence-electron chi connectivity index (χ3n) is 1.71. The van der Waals surface area contributed by atoms with Crippen LogP contribution in [-0.2, 0) is 0 Å². The molecule has 3 N–H and O–H groups in total. The lowest BCUT2D eigenvalue weighted by molar-refractivity contribution is 0.263. The molecule has 1 atom stereocenters. The molecule has 1 unspecified atom stereocenters. The van der Waals surface area contributed by atoms with Crippen molar-refractivity contribution < 1.29 is 5.11 Å². The molecule has 0 saturated carbocycles. The molecule has 0 bridgehead atoms. The van der Waals surface area contributed by atoms with Gasteiger partial charge >= 0.3 is 0 Å². The van der Waals surface area contributed by atoms with Gasteiger partial charge in [0.05, 0.1) is 30.1 Å². The maximum atomic E-state index is 8.81. The van der Waals surface area contributed by atoms with Crippen LogP contribution in [0.5, 0.6) is 0 Å². The van der Waals surface area contributed by atoms with E-state index in [2.05, 4.69) is 15.1 Å². The zero-order valence-corrected chi connectivity index (χ0v) is 7.89. The van der Waals surface area contributed by atoms with Crippen LogP contribution < -0.4 is 5.73 Å². The van der Waals surface area contributed by atoms with Crippen molar-refractivity contribution in [2.45, 2.75) is 6.04 Å². The fourth-order valence-electron chi connectivity index (χ4n) is 1.01. The first-order valence-corrected chi connectivity index (χ1v) is 4.33. The van der Waals surface area contributed by atoms with Crippen molar-refractivity contribution in [3.8, 4) is 0 Å². The number of aromatic nitrogens is 4. The second-order valence-electron chi connectivity index (χ2n) is 2.78. The van der Waals surface area contributed by atoms with Crippen LogP contribution in [0.4, 0.5) is 0 Å². The van der Waals surface area contributed by atoms with Gasteiger partial charge in [-0.1, -0.05) is 11.6 Å². The highest BCUT2D eigenvalue weighted by molar-refractivity contribution is 6.30. The van der Waals surface area contributed by atoms with E-state index in [0.717, 1.165) is 0 Å². The molecule has 7 heteroatoms. The molecule has 0 spiro atoms. The summed E-state index contributed by atoms with van der Waals surface area (Å²) in [4.78, 5) is 7.96. The smallest absolute Gasteiger partial charge is 0.252 e. The molecule has 0 saturated heterocycles. The molecule has 0 radical (unpaired) electrons. The van der Waals surface area contributed by atoms with Gasteiger partial charge in [0.25, 0.3) is 5.78 Å². The lowest BCUT2D eigenvalue weighted by atomic mass is 10.3. The maximum Gasteiger partial charge on any atom is 0.252 e. The van der Waals surface area contributed by atoms with E-state index in [1.54, 1.807) is 6.20 Å². The second-order valence-corrected chi connectivity index (χ2v) is 3.21. The van der Waals surface area contributed by atoms with Crippen molar-refractivity contribution in [3.63, 3.8) is 0 Å². The van der Waals surface area contributed by atoms with E-state index in [1.165, 1.54) is 10.7 Å². The summed E-state index contributed by atoms with van der Waals surface area (Å²) in [5, 5.41) is 13.3. The third kappa shape index (κ3) is 1.54. The maximum absolute atomic E-state index is 8.81. The van der Waals surface area contributed by atoms with Crippen LogP contribution in [0, 0.1) is 0 Å². The van der Waals surface area contributed by atoms with Gasteiger partial charge in [-0.15, -0.1) is 5.10 Å². The average Bonchev–Trinajstić information content (AvgIpc) is 2.59. The lowest BCUT2D eigenvalue weighted by Crippen LogP contribution is -2.16. The largest absolute Gasteiger partial charge is 0.394 e. The summed E-state index contributed by atoms with van der Waals surface area (Å²) in [7, 11) is 0. The fraction of sp³-hybridized carbons (Fsp3) is 0.286. The van der Waals surface area contributed by atoms with Crippen molar-refractivity contribution in [2.24, 2.45) is 5.73 Å². The Bertz CT molecular complexity index is 456. The van der Waals surface area contributed by atoms with Crippen molar-refractivity contribution in [3.05, 3.63) is 23.2 Å². The normalized spacial score (nSPS) is 13.4. The summed E-state index contributed by atoms with van der Waals surface area (Å²) in [6, 6.07) is -0.588. The predicted molar refractivity (Wildman–Crippen MR) is 49.8 cm³/mol. The molecule has 2 heterocycles. The van der Waals surface area contributed by atoms with Gasteiger partial charge in [0, 0.05) is 0 Å². The van der Waals surface area contributed by atoms with E-state index in [-0.39, 0.29) is 6.61 Å². The number of hydrogen-bond donors (Lipinski definition) is 2. The summed E-state index contributed by atoms with van der Waals surface area (Å²) in [5.74, 6) is 0.760. The number of aliphatic hydroxyl groups excluding tert-OH is 1. The standard InChI is InChI=1S/C7H8ClN5O/c8-4-1-10-7-11-6(5(9)3-14)12-13(7)2-4/h1-2,5,14H,3,9H2. The first-order valence-electron chi connectivity index (χ1n) is 3.95. The first-order chi connectivity index (χ1) is 6.70. The number of nitrogens with zero attached hydrogens (tertiary/aromatic N) is 4. The number of aliphatic hydroxyl groups is 1. The summed E-state index contributed by atoms with van der Waals surface area (Å²) < 4.78 is 1.42. The Morgan fingerprint density at radius 2 is 2.43 bits per heavy atom. The zero-order chi connectivity index (χ0) is 10.1. The molecule has 2 rings (SSSR count). The average molecular weight is 214 g/mol. The van der Waals surface area contributed by atoms with Crippen LogP contribution in [0.1, 0.15) is 11.9 Å². The number of halogens is 1.